The second-order valence-corrected chi connectivity index (χ2v) is 4.34. The van der Waals surface area contributed by atoms with Crippen LogP contribution in [0, 0.1) is 6.92 Å². The maximum absolute atomic E-state index is 12.1. The average Bonchev–Trinajstić information content (AvgIpc) is 2.25. The van der Waals surface area contributed by atoms with Crippen LogP contribution in [0.2, 0.25) is 0 Å². The van der Waals surface area contributed by atoms with Gasteiger partial charge in [-0.2, -0.15) is 0 Å². The number of amides is 1. The summed E-state index contributed by atoms with van der Waals surface area (Å²) in [7, 11) is 5.86. The maximum Gasteiger partial charge on any atom is 0.253 e. The number of carbonyl (C=O) groups excluding carboxylic acids is 1. The molecular weight excluding hydrogens is 200 g/mol. The van der Waals surface area contributed by atoms with Gasteiger partial charge >= 0.3 is 0 Å². The van der Waals surface area contributed by atoms with Crippen LogP contribution in [0.25, 0.3) is 0 Å². The number of carbonyl (C=O) groups is 1. The number of aryl methyl sites for hydroxylation is 1. The summed E-state index contributed by atoms with van der Waals surface area (Å²) >= 11 is 0. The van der Waals surface area contributed by atoms with Crippen LogP contribution < -0.4 is 0 Å². The van der Waals surface area contributed by atoms with Crippen molar-refractivity contribution in [2.24, 2.45) is 0 Å². The fraction of sp³-hybridized carbons (Fsp3) is 0.462. The van der Waals surface area contributed by atoms with Gasteiger partial charge in [-0.1, -0.05) is 18.2 Å². The van der Waals surface area contributed by atoms with E-state index in [0.29, 0.717) is 0 Å². The van der Waals surface area contributed by atoms with Gasteiger partial charge in [-0.3, -0.25) is 4.79 Å². The number of rotatable bonds is 4. The number of nitrogens with zero attached hydrogens (tertiary/aromatic N) is 2. The molecule has 3 nitrogen and oxygen atoms in total. The number of benzene rings is 1. The third-order valence-corrected chi connectivity index (χ3v) is 2.60. The van der Waals surface area contributed by atoms with E-state index in [9.17, 15) is 4.79 Å². The van der Waals surface area contributed by atoms with E-state index in [4.69, 9.17) is 0 Å². The molecule has 0 radical (unpaired) electrons. The summed E-state index contributed by atoms with van der Waals surface area (Å²) < 4.78 is 0. The molecule has 0 N–H and O–H groups in total. The predicted molar refractivity (Wildman–Crippen MR) is 66.7 cm³/mol. The molecule has 0 aliphatic rings. The standard InChI is InChI=1S/C13H20N2O/c1-11-7-5-6-8-12(11)13(16)15(4)10-9-14(2)3/h5-8H,9-10H2,1-4H3. The lowest BCUT2D eigenvalue weighted by molar-refractivity contribution is 0.0785. The van der Waals surface area contributed by atoms with Crippen molar-refractivity contribution in [1.29, 1.82) is 0 Å². The van der Waals surface area contributed by atoms with Gasteiger partial charge in [0.15, 0.2) is 0 Å². The van der Waals surface area contributed by atoms with Crippen molar-refractivity contribution in [3.05, 3.63) is 35.4 Å². The van der Waals surface area contributed by atoms with Crippen molar-refractivity contribution >= 4 is 5.91 Å². The average molecular weight is 220 g/mol. The molecule has 0 aliphatic heterocycles. The Bertz CT molecular complexity index is 361. The van der Waals surface area contributed by atoms with Gasteiger partial charge in [-0.25, -0.2) is 0 Å². The zero-order valence-electron chi connectivity index (χ0n) is 10.5. The first-order valence-electron chi connectivity index (χ1n) is 5.48. The van der Waals surface area contributed by atoms with Crippen LogP contribution in [0.15, 0.2) is 24.3 Å². The Hall–Kier alpha value is -1.35. The third kappa shape index (κ3) is 3.35. The second-order valence-electron chi connectivity index (χ2n) is 4.34. The lowest BCUT2D eigenvalue weighted by atomic mass is 10.1. The molecule has 0 atom stereocenters. The van der Waals surface area contributed by atoms with E-state index in [1.54, 1.807) is 4.90 Å². The van der Waals surface area contributed by atoms with E-state index in [1.165, 1.54) is 0 Å². The summed E-state index contributed by atoms with van der Waals surface area (Å²) in [6, 6.07) is 7.70. The lowest BCUT2D eigenvalue weighted by Gasteiger charge is -2.20. The highest BCUT2D eigenvalue weighted by atomic mass is 16.2. The minimum absolute atomic E-state index is 0.0972. The van der Waals surface area contributed by atoms with Crippen molar-refractivity contribution in [3.63, 3.8) is 0 Å². The molecule has 88 valence electrons. The first-order chi connectivity index (χ1) is 7.52. The molecule has 0 heterocycles. The quantitative estimate of drug-likeness (QED) is 0.770. The van der Waals surface area contributed by atoms with E-state index in [1.807, 2.05) is 52.3 Å². The van der Waals surface area contributed by atoms with Gasteiger partial charge in [0, 0.05) is 25.7 Å². The SMILES string of the molecule is Cc1ccccc1C(=O)N(C)CCN(C)C. The Labute approximate surface area is 97.7 Å². The number of hydrogen-bond donors (Lipinski definition) is 0. The summed E-state index contributed by atoms with van der Waals surface area (Å²) in [5.41, 5.74) is 1.83. The molecule has 0 fully saturated rings. The summed E-state index contributed by atoms with van der Waals surface area (Å²) in [5.74, 6) is 0.0972. The van der Waals surface area contributed by atoms with Crippen LogP contribution in [-0.2, 0) is 0 Å². The van der Waals surface area contributed by atoms with Crippen LogP contribution in [0.3, 0.4) is 0 Å². The van der Waals surface area contributed by atoms with Gasteiger partial charge in [0.1, 0.15) is 0 Å². The first kappa shape index (κ1) is 12.7. The molecule has 1 amide bonds. The maximum atomic E-state index is 12.1. The van der Waals surface area contributed by atoms with Gasteiger partial charge in [-0.15, -0.1) is 0 Å². The van der Waals surface area contributed by atoms with Crippen molar-refractivity contribution in [2.75, 3.05) is 34.2 Å². The molecule has 0 saturated heterocycles. The van der Waals surface area contributed by atoms with Crippen LogP contribution in [0.1, 0.15) is 15.9 Å². The lowest BCUT2D eigenvalue weighted by Crippen LogP contribution is -2.33. The van der Waals surface area contributed by atoms with E-state index >= 15 is 0 Å². The molecule has 0 aromatic heterocycles. The van der Waals surface area contributed by atoms with Gasteiger partial charge in [0.25, 0.3) is 5.91 Å². The Kier molecular flexibility index (Phi) is 4.50. The molecule has 1 aromatic carbocycles. The van der Waals surface area contributed by atoms with Gasteiger partial charge in [0.05, 0.1) is 0 Å². The molecule has 1 aromatic rings. The molecule has 1 rings (SSSR count). The van der Waals surface area contributed by atoms with E-state index in [-0.39, 0.29) is 5.91 Å². The number of likely N-dealkylation sites (N-methyl/N-ethyl adjacent to an activating group) is 2. The fourth-order valence-corrected chi connectivity index (χ4v) is 1.47. The van der Waals surface area contributed by atoms with Gasteiger partial charge in [0.2, 0.25) is 0 Å². The molecule has 0 aliphatic carbocycles. The highest BCUT2D eigenvalue weighted by Gasteiger charge is 2.12. The molecule has 0 unspecified atom stereocenters. The molecule has 0 spiro atoms. The Morgan fingerprint density at radius 1 is 1.12 bits per heavy atom. The van der Waals surface area contributed by atoms with E-state index in [2.05, 4.69) is 4.90 Å². The van der Waals surface area contributed by atoms with Crippen LogP contribution in [0.5, 0.6) is 0 Å². The normalized spacial score (nSPS) is 10.6. The Balaban J connectivity index is 2.67. The van der Waals surface area contributed by atoms with E-state index < -0.39 is 0 Å². The predicted octanol–water partition coefficient (Wildman–Crippen LogP) is 1.63. The molecule has 0 bridgehead atoms. The summed E-state index contributed by atoms with van der Waals surface area (Å²) in [4.78, 5) is 15.9. The Morgan fingerprint density at radius 2 is 1.75 bits per heavy atom. The zero-order chi connectivity index (χ0) is 12.1. The van der Waals surface area contributed by atoms with Crippen molar-refractivity contribution in [2.45, 2.75) is 6.92 Å². The smallest absolute Gasteiger partial charge is 0.253 e. The fourth-order valence-electron chi connectivity index (χ4n) is 1.47. The molecule has 0 saturated carbocycles. The Morgan fingerprint density at radius 3 is 2.31 bits per heavy atom. The second kappa shape index (κ2) is 5.66. The highest BCUT2D eigenvalue weighted by Crippen LogP contribution is 2.09. The largest absolute Gasteiger partial charge is 0.340 e. The number of hydrogen-bond acceptors (Lipinski definition) is 2. The van der Waals surface area contributed by atoms with E-state index in [0.717, 1.165) is 24.2 Å². The van der Waals surface area contributed by atoms with Gasteiger partial charge < -0.3 is 9.80 Å². The van der Waals surface area contributed by atoms with Crippen LogP contribution >= 0.6 is 0 Å². The first-order valence-corrected chi connectivity index (χ1v) is 5.48. The zero-order valence-corrected chi connectivity index (χ0v) is 10.5. The monoisotopic (exact) mass is 220 g/mol. The topological polar surface area (TPSA) is 23.6 Å². The summed E-state index contributed by atoms with van der Waals surface area (Å²) in [6.07, 6.45) is 0. The van der Waals surface area contributed by atoms with Crippen LogP contribution in [-0.4, -0.2) is 49.9 Å². The van der Waals surface area contributed by atoms with Crippen molar-refractivity contribution < 1.29 is 4.79 Å². The third-order valence-electron chi connectivity index (χ3n) is 2.60. The minimum Gasteiger partial charge on any atom is -0.340 e. The molecule has 3 heteroatoms. The van der Waals surface area contributed by atoms with Crippen molar-refractivity contribution in [3.8, 4) is 0 Å². The molecular formula is C13H20N2O. The van der Waals surface area contributed by atoms with Crippen LogP contribution in [0.4, 0.5) is 0 Å². The summed E-state index contributed by atoms with van der Waals surface area (Å²) in [5, 5.41) is 0. The highest BCUT2D eigenvalue weighted by molar-refractivity contribution is 5.95. The minimum atomic E-state index is 0.0972. The van der Waals surface area contributed by atoms with Crippen molar-refractivity contribution in [1.82, 2.24) is 9.80 Å². The molecule has 16 heavy (non-hydrogen) atoms. The summed E-state index contributed by atoms with van der Waals surface area (Å²) in [6.45, 7) is 3.60. The van der Waals surface area contributed by atoms with Gasteiger partial charge in [-0.05, 0) is 32.6 Å².